The highest BCUT2D eigenvalue weighted by atomic mass is 127. The second-order valence-corrected chi connectivity index (χ2v) is 8.63. The van der Waals surface area contributed by atoms with Crippen LogP contribution in [0.5, 0.6) is 11.5 Å². The van der Waals surface area contributed by atoms with Gasteiger partial charge >= 0.3 is 0 Å². The lowest BCUT2D eigenvalue weighted by atomic mass is 9.73. The van der Waals surface area contributed by atoms with Crippen molar-refractivity contribution in [3.8, 4) is 11.5 Å². The van der Waals surface area contributed by atoms with Gasteiger partial charge in [-0.2, -0.15) is 0 Å². The number of hydrogen-bond donors (Lipinski definition) is 2. The summed E-state index contributed by atoms with van der Waals surface area (Å²) >= 11 is 0. The van der Waals surface area contributed by atoms with Crippen LogP contribution in [0, 0.1) is 5.41 Å². The fraction of sp³-hybridized carbons (Fsp3) is 0.667. The first-order valence-corrected chi connectivity index (χ1v) is 11.7. The van der Waals surface area contributed by atoms with E-state index in [1.54, 1.807) is 7.11 Å². The molecule has 1 heterocycles. The van der Waals surface area contributed by atoms with Crippen molar-refractivity contribution in [2.75, 3.05) is 39.9 Å². The molecule has 2 aliphatic rings. The van der Waals surface area contributed by atoms with Crippen molar-refractivity contribution in [3.05, 3.63) is 23.8 Å². The minimum atomic E-state index is -0.144. The number of carbonyl (C=O) groups is 1. The smallest absolute Gasteiger partial charge is 0.257 e. The molecule has 0 radical (unpaired) electrons. The lowest BCUT2D eigenvalue weighted by Gasteiger charge is -2.33. The second kappa shape index (κ2) is 13.1. The third kappa shape index (κ3) is 7.15. The molecule has 1 aliphatic carbocycles. The summed E-state index contributed by atoms with van der Waals surface area (Å²) in [6.07, 6.45) is 8.13. The summed E-state index contributed by atoms with van der Waals surface area (Å²) in [5.41, 5.74) is 1.55. The van der Waals surface area contributed by atoms with Crippen LogP contribution in [0.15, 0.2) is 23.2 Å². The molecule has 7 nitrogen and oxygen atoms in total. The maximum atomic E-state index is 11.7. The molecule has 0 aromatic heterocycles. The van der Waals surface area contributed by atoms with Crippen molar-refractivity contribution < 1.29 is 14.3 Å². The van der Waals surface area contributed by atoms with Crippen molar-refractivity contribution in [1.82, 2.24) is 15.5 Å². The van der Waals surface area contributed by atoms with Crippen LogP contribution in [0.3, 0.4) is 0 Å². The number of ether oxygens (including phenoxy) is 2. The standard InChI is InChI=1S/C24H38N4O3.HI/c1-4-25-22(29)17-31-20-10-9-19(15-21(20)30-3)16-27-23(26-5-2)28-14-13-24(18-28)11-7-6-8-12-24;/h9-10,15H,4-8,11-14,16-18H2,1-3H3,(H,25,29)(H,26,27);1H. The van der Waals surface area contributed by atoms with Crippen LogP contribution >= 0.6 is 24.0 Å². The number of likely N-dealkylation sites (tertiary alicyclic amines) is 1. The van der Waals surface area contributed by atoms with Gasteiger partial charge in [-0.15, -0.1) is 24.0 Å². The van der Waals surface area contributed by atoms with Gasteiger partial charge in [0.15, 0.2) is 24.1 Å². The quantitative estimate of drug-likeness (QED) is 0.287. The Morgan fingerprint density at radius 1 is 1.09 bits per heavy atom. The van der Waals surface area contributed by atoms with E-state index in [1.165, 1.54) is 38.5 Å². The van der Waals surface area contributed by atoms with E-state index in [4.69, 9.17) is 14.5 Å². The van der Waals surface area contributed by atoms with E-state index in [9.17, 15) is 4.79 Å². The molecule has 1 amide bonds. The molecule has 2 fully saturated rings. The molecule has 1 spiro atoms. The van der Waals surface area contributed by atoms with Gasteiger partial charge in [-0.3, -0.25) is 4.79 Å². The number of nitrogens with zero attached hydrogens (tertiary/aromatic N) is 2. The SMILES string of the molecule is CCNC(=O)COc1ccc(CN=C(NCC)N2CCC3(CCCCC3)C2)cc1OC.I. The Kier molecular flexibility index (Phi) is 10.9. The molecule has 3 rings (SSSR count). The number of halogens is 1. The number of carbonyl (C=O) groups excluding carboxylic acids is 1. The third-order valence-electron chi connectivity index (χ3n) is 6.36. The number of rotatable bonds is 8. The van der Waals surface area contributed by atoms with E-state index < -0.39 is 0 Å². The molecule has 1 saturated heterocycles. The van der Waals surface area contributed by atoms with E-state index >= 15 is 0 Å². The molecular weight excluding hydrogens is 519 g/mol. The van der Waals surface area contributed by atoms with Crippen molar-refractivity contribution in [1.29, 1.82) is 0 Å². The first-order chi connectivity index (χ1) is 15.1. The van der Waals surface area contributed by atoms with Gasteiger partial charge < -0.3 is 25.0 Å². The highest BCUT2D eigenvalue weighted by Gasteiger charge is 2.39. The molecule has 1 aliphatic heterocycles. The third-order valence-corrected chi connectivity index (χ3v) is 6.36. The Balaban J connectivity index is 0.00000363. The van der Waals surface area contributed by atoms with E-state index in [1.807, 2.05) is 25.1 Å². The average molecular weight is 559 g/mol. The Morgan fingerprint density at radius 2 is 1.84 bits per heavy atom. The van der Waals surface area contributed by atoms with E-state index in [0.717, 1.165) is 31.2 Å². The number of methoxy groups -OCH3 is 1. The number of guanidine groups is 1. The van der Waals surface area contributed by atoms with Crippen LogP contribution in [0.25, 0.3) is 0 Å². The van der Waals surface area contributed by atoms with Gasteiger partial charge in [0.05, 0.1) is 13.7 Å². The average Bonchev–Trinajstić information content (AvgIpc) is 3.19. The van der Waals surface area contributed by atoms with Gasteiger partial charge in [0.25, 0.3) is 5.91 Å². The lowest BCUT2D eigenvalue weighted by Crippen LogP contribution is -2.41. The number of aliphatic imine (C=N–C) groups is 1. The highest BCUT2D eigenvalue weighted by Crippen LogP contribution is 2.43. The van der Waals surface area contributed by atoms with E-state index in [2.05, 4.69) is 22.5 Å². The summed E-state index contributed by atoms with van der Waals surface area (Å²) in [5, 5.41) is 6.20. The van der Waals surface area contributed by atoms with Gasteiger partial charge in [-0.1, -0.05) is 25.3 Å². The van der Waals surface area contributed by atoms with E-state index in [0.29, 0.717) is 30.0 Å². The molecule has 0 atom stereocenters. The molecule has 8 heteroatoms. The first-order valence-electron chi connectivity index (χ1n) is 11.7. The largest absolute Gasteiger partial charge is 0.493 e. The summed E-state index contributed by atoms with van der Waals surface area (Å²) in [5.74, 6) is 2.03. The Morgan fingerprint density at radius 3 is 2.53 bits per heavy atom. The number of likely N-dealkylation sites (N-methyl/N-ethyl adjacent to an activating group) is 1. The molecule has 0 unspecified atom stereocenters. The predicted octanol–water partition coefficient (Wildman–Crippen LogP) is 3.95. The van der Waals surface area contributed by atoms with Crippen LogP contribution in [-0.2, 0) is 11.3 Å². The van der Waals surface area contributed by atoms with Crippen LogP contribution in [0.1, 0.15) is 57.9 Å². The van der Waals surface area contributed by atoms with Gasteiger partial charge in [0.1, 0.15) is 0 Å². The van der Waals surface area contributed by atoms with Crippen LogP contribution < -0.4 is 20.1 Å². The Hall–Kier alpha value is -1.71. The number of hydrogen-bond acceptors (Lipinski definition) is 4. The molecule has 0 bridgehead atoms. The molecular formula is C24H39IN4O3. The van der Waals surface area contributed by atoms with Crippen LogP contribution in [-0.4, -0.2) is 56.7 Å². The minimum absolute atomic E-state index is 0. The topological polar surface area (TPSA) is 75.2 Å². The first kappa shape index (κ1) is 26.5. The Bertz CT molecular complexity index is 766. The summed E-state index contributed by atoms with van der Waals surface area (Å²) in [7, 11) is 1.61. The van der Waals surface area contributed by atoms with E-state index in [-0.39, 0.29) is 36.5 Å². The maximum Gasteiger partial charge on any atom is 0.257 e. The zero-order valence-corrected chi connectivity index (χ0v) is 22.1. The van der Waals surface area contributed by atoms with Gasteiger partial charge in [0, 0.05) is 26.2 Å². The minimum Gasteiger partial charge on any atom is -0.493 e. The molecule has 1 aromatic carbocycles. The highest BCUT2D eigenvalue weighted by molar-refractivity contribution is 14.0. The summed E-state index contributed by atoms with van der Waals surface area (Å²) in [4.78, 5) is 19.0. The van der Waals surface area contributed by atoms with Crippen molar-refractivity contribution >= 4 is 35.8 Å². The maximum absolute atomic E-state index is 11.7. The van der Waals surface area contributed by atoms with Crippen LogP contribution in [0.4, 0.5) is 0 Å². The summed E-state index contributed by atoms with van der Waals surface area (Å²) in [6, 6.07) is 5.77. The molecule has 1 aromatic rings. The number of nitrogens with one attached hydrogen (secondary N) is 2. The fourth-order valence-electron chi connectivity index (χ4n) is 4.74. The second-order valence-electron chi connectivity index (χ2n) is 8.63. The molecule has 2 N–H and O–H groups in total. The molecule has 1 saturated carbocycles. The normalized spacial score (nSPS) is 17.6. The van der Waals surface area contributed by atoms with Crippen molar-refractivity contribution in [2.45, 2.75) is 58.9 Å². The zero-order valence-electron chi connectivity index (χ0n) is 19.7. The fourth-order valence-corrected chi connectivity index (χ4v) is 4.74. The van der Waals surface area contributed by atoms with Crippen molar-refractivity contribution in [3.63, 3.8) is 0 Å². The molecule has 32 heavy (non-hydrogen) atoms. The predicted molar refractivity (Wildman–Crippen MR) is 139 cm³/mol. The van der Waals surface area contributed by atoms with Gasteiger partial charge in [0.2, 0.25) is 0 Å². The summed E-state index contributed by atoms with van der Waals surface area (Å²) in [6.45, 7) is 8.19. The monoisotopic (exact) mass is 558 g/mol. The molecule has 180 valence electrons. The van der Waals surface area contributed by atoms with Gasteiger partial charge in [-0.05, 0) is 56.2 Å². The Labute approximate surface area is 209 Å². The van der Waals surface area contributed by atoms with Gasteiger partial charge in [-0.25, -0.2) is 4.99 Å². The lowest BCUT2D eigenvalue weighted by molar-refractivity contribution is -0.123. The number of benzene rings is 1. The van der Waals surface area contributed by atoms with Crippen molar-refractivity contribution in [2.24, 2.45) is 10.4 Å². The number of amides is 1. The van der Waals surface area contributed by atoms with Crippen LogP contribution in [0.2, 0.25) is 0 Å². The zero-order chi connectivity index (χ0) is 22.1. The summed E-state index contributed by atoms with van der Waals surface area (Å²) < 4.78 is 11.1.